The topological polar surface area (TPSA) is 94.1 Å². The highest BCUT2D eigenvalue weighted by Gasteiger charge is 2.48. The van der Waals surface area contributed by atoms with E-state index < -0.39 is 70.5 Å². The number of carbonyl (C=O) groups excluding carboxylic acids is 2. The first-order chi connectivity index (χ1) is 16.8. The molecule has 0 bridgehead atoms. The fourth-order valence-corrected chi connectivity index (χ4v) is 4.54. The lowest BCUT2D eigenvalue weighted by Crippen LogP contribution is -2.47. The summed E-state index contributed by atoms with van der Waals surface area (Å²) in [5.41, 5.74) is -1.42. The zero-order chi connectivity index (χ0) is 26.5. The Morgan fingerprint density at radius 3 is 2.50 bits per heavy atom. The molecule has 2 heterocycles. The molecule has 1 aromatic carbocycles. The molecule has 8 nitrogen and oxygen atoms in total. The van der Waals surface area contributed by atoms with Gasteiger partial charge in [-0.05, 0) is 49.4 Å². The molecule has 1 fully saturated rings. The van der Waals surface area contributed by atoms with Gasteiger partial charge in [-0.2, -0.15) is 13.2 Å². The summed E-state index contributed by atoms with van der Waals surface area (Å²) >= 11 is 5.58. The number of likely N-dealkylation sites (N-methyl/N-ethyl adjacent to an activating group) is 1. The van der Waals surface area contributed by atoms with E-state index in [0.717, 1.165) is 19.2 Å². The second-order valence-corrected chi connectivity index (χ2v) is 8.69. The lowest BCUT2D eigenvalue weighted by molar-refractivity contribution is -0.138. The number of carbonyl (C=O) groups is 3. The molecule has 0 saturated carbocycles. The van der Waals surface area contributed by atoms with Crippen molar-refractivity contribution in [3.63, 3.8) is 0 Å². The van der Waals surface area contributed by atoms with Gasteiger partial charge in [0.1, 0.15) is 22.7 Å². The van der Waals surface area contributed by atoms with Gasteiger partial charge in [0.2, 0.25) is 0 Å². The summed E-state index contributed by atoms with van der Waals surface area (Å²) in [7, 11) is 1.07. The van der Waals surface area contributed by atoms with E-state index in [-0.39, 0.29) is 29.0 Å². The van der Waals surface area contributed by atoms with E-state index in [1.807, 2.05) is 0 Å². The first-order valence-electron chi connectivity index (χ1n) is 10.7. The number of aromatic nitrogens is 1. The number of pyridine rings is 1. The van der Waals surface area contributed by atoms with Gasteiger partial charge in [0.05, 0.1) is 17.8 Å². The molecule has 0 spiro atoms. The molecule has 1 aliphatic heterocycles. The number of aryl methyl sites for hydroxylation is 1. The Balaban J connectivity index is 1.81. The van der Waals surface area contributed by atoms with Crippen molar-refractivity contribution in [3.8, 4) is 0 Å². The molecule has 1 N–H and O–H groups in total. The summed E-state index contributed by atoms with van der Waals surface area (Å²) in [5.74, 6) is -3.99. The average molecular weight is 533 g/mol. The molecule has 14 heteroatoms. The van der Waals surface area contributed by atoms with Crippen LogP contribution in [-0.4, -0.2) is 52.7 Å². The van der Waals surface area contributed by atoms with E-state index in [1.165, 1.54) is 0 Å². The highest BCUT2D eigenvalue weighted by Crippen LogP contribution is 2.39. The van der Waals surface area contributed by atoms with E-state index in [4.69, 9.17) is 11.6 Å². The minimum absolute atomic E-state index is 0.0118. The Hall–Kier alpha value is -3.48. The monoisotopic (exact) mass is 532 g/mol. The van der Waals surface area contributed by atoms with Crippen LogP contribution in [0.15, 0.2) is 18.2 Å². The third-order valence-corrected chi connectivity index (χ3v) is 6.51. The van der Waals surface area contributed by atoms with Crippen LogP contribution in [-0.2, 0) is 23.8 Å². The van der Waals surface area contributed by atoms with Crippen LogP contribution in [0.25, 0.3) is 0 Å². The Labute approximate surface area is 205 Å². The number of nitrogens with zero attached hydrogens (tertiary/aromatic N) is 4. The van der Waals surface area contributed by atoms with Crippen LogP contribution in [0.3, 0.4) is 0 Å². The van der Waals surface area contributed by atoms with Crippen molar-refractivity contribution in [2.75, 3.05) is 23.4 Å². The molecular weight excluding hydrogens is 515 g/mol. The lowest BCUT2D eigenvalue weighted by atomic mass is 9.91. The quantitative estimate of drug-likeness (QED) is 0.450. The number of halogens is 6. The number of rotatable bonds is 3. The van der Waals surface area contributed by atoms with Gasteiger partial charge in [0.25, 0.3) is 5.91 Å². The van der Waals surface area contributed by atoms with Gasteiger partial charge in [0, 0.05) is 12.7 Å². The number of urea groups is 1. The second-order valence-electron chi connectivity index (χ2n) is 8.31. The molecule has 1 atom stereocenters. The molecule has 192 valence electrons. The summed E-state index contributed by atoms with van der Waals surface area (Å²) < 4.78 is 69.7. The van der Waals surface area contributed by atoms with Gasteiger partial charge in [0.15, 0.2) is 5.82 Å². The van der Waals surface area contributed by atoms with Crippen molar-refractivity contribution in [1.82, 2.24) is 9.88 Å². The molecule has 2 aliphatic rings. The maximum absolute atomic E-state index is 14.5. The number of benzene rings is 1. The number of amides is 4. The van der Waals surface area contributed by atoms with Crippen molar-refractivity contribution in [3.05, 3.63) is 51.7 Å². The molecule has 4 amide bonds. The SMILES string of the molecule is CN(C(=O)[C@@H]1CN(C(=O)O)C(=O)N1c1cc(C(F)(F)F)c2c(n1)CCCC2)c1ccc(F)c(Cl)c1F. The van der Waals surface area contributed by atoms with Gasteiger partial charge in [-0.1, -0.05) is 11.6 Å². The zero-order valence-electron chi connectivity index (χ0n) is 18.6. The number of imide groups is 1. The normalized spacial score (nSPS) is 17.9. The van der Waals surface area contributed by atoms with Crippen molar-refractivity contribution >= 4 is 41.1 Å². The van der Waals surface area contributed by atoms with Crippen LogP contribution in [0.1, 0.15) is 29.7 Å². The van der Waals surface area contributed by atoms with Crippen LogP contribution in [0, 0.1) is 11.6 Å². The van der Waals surface area contributed by atoms with Gasteiger partial charge in [-0.3, -0.25) is 9.69 Å². The van der Waals surface area contributed by atoms with Crippen molar-refractivity contribution < 1.29 is 41.4 Å². The Bertz CT molecular complexity index is 1270. The minimum atomic E-state index is -4.79. The molecule has 2 aromatic rings. The third-order valence-electron chi connectivity index (χ3n) is 6.17. The molecule has 4 rings (SSSR count). The highest BCUT2D eigenvalue weighted by molar-refractivity contribution is 6.31. The summed E-state index contributed by atoms with van der Waals surface area (Å²) in [6.45, 7) is -0.756. The first kappa shape index (κ1) is 25.6. The Morgan fingerprint density at radius 1 is 1.19 bits per heavy atom. The molecule has 36 heavy (non-hydrogen) atoms. The minimum Gasteiger partial charge on any atom is -0.465 e. The summed E-state index contributed by atoms with van der Waals surface area (Å²) in [4.78, 5) is 43.6. The van der Waals surface area contributed by atoms with E-state index in [0.29, 0.717) is 28.7 Å². The average Bonchev–Trinajstić information content (AvgIpc) is 3.17. The van der Waals surface area contributed by atoms with Crippen LogP contribution in [0.4, 0.5) is 43.0 Å². The number of carboxylic acid groups (broad SMARTS) is 1. The standard InChI is InChI=1S/C22H18ClF5N4O4/c1-30(14-7-6-12(24)17(23)18(14)25)19(33)15-9-31(21(35)36)20(34)32(15)16-8-11(22(26,27)28)10-4-2-3-5-13(10)29-16/h6-8,15H,2-5,9H2,1H3,(H,35,36)/t15-/m0/s1. The Morgan fingerprint density at radius 2 is 1.86 bits per heavy atom. The van der Waals surface area contributed by atoms with Crippen LogP contribution < -0.4 is 9.80 Å². The van der Waals surface area contributed by atoms with E-state index >= 15 is 0 Å². The number of hydrogen-bond acceptors (Lipinski definition) is 4. The maximum Gasteiger partial charge on any atom is 0.416 e. The van der Waals surface area contributed by atoms with Gasteiger partial charge in [-0.25, -0.2) is 28.3 Å². The maximum atomic E-state index is 14.5. The third kappa shape index (κ3) is 4.31. The summed E-state index contributed by atoms with van der Waals surface area (Å²) in [5, 5.41) is 8.53. The molecule has 1 aliphatic carbocycles. The smallest absolute Gasteiger partial charge is 0.416 e. The van der Waals surface area contributed by atoms with Crippen molar-refractivity contribution in [2.45, 2.75) is 37.9 Å². The predicted molar refractivity (Wildman–Crippen MR) is 117 cm³/mol. The van der Waals surface area contributed by atoms with Crippen molar-refractivity contribution in [1.29, 1.82) is 0 Å². The van der Waals surface area contributed by atoms with E-state index in [1.54, 1.807) is 0 Å². The number of alkyl halides is 3. The fourth-order valence-electron chi connectivity index (χ4n) is 4.39. The fraction of sp³-hybridized carbons (Fsp3) is 0.364. The largest absolute Gasteiger partial charge is 0.465 e. The number of fused-ring (bicyclic) bond motifs is 1. The molecular formula is C22H18ClF5N4O4. The number of hydrogen-bond donors (Lipinski definition) is 1. The second kappa shape index (κ2) is 9.19. The van der Waals surface area contributed by atoms with Gasteiger partial charge >= 0.3 is 18.3 Å². The number of anilines is 2. The zero-order valence-corrected chi connectivity index (χ0v) is 19.3. The van der Waals surface area contributed by atoms with Crippen LogP contribution in [0.5, 0.6) is 0 Å². The molecule has 1 saturated heterocycles. The molecule has 0 unspecified atom stereocenters. The van der Waals surface area contributed by atoms with Crippen LogP contribution >= 0.6 is 11.6 Å². The Kier molecular flexibility index (Phi) is 6.54. The van der Waals surface area contributed by atoms with Crippen LogP contribution in [0.2, 0.25) is 5.02 Å². The highest BCUT2D eigenvalue weighted by atomic mass is 35.5. The summed E-state index contributed by atoms with van der Waals surface area (Å²) in [6.07, 6.45) is -5.13. The predicted octanol–water partition coefficient (Wildman–Crippen LogP) is 4.86. The molecule has 0 radical (unpaired) electrons. The van der Waals surface area contributed by atoms with E-state index in [2.05, 4.69) is 4.98 Å². The van der Waals surface area contributed by atoms with Gasteiger partial charge < -0.3 is 10.0 Å². The first-order valence-corrected chi connectivity index (χ1v) is 11.1. The molecule has 1 aromatic heterocycles. The summed E-state index contributed by atoms with van der Waals surface area (Å²) in [6, 6.07) is -0.654. The van der Waals surface area contributed by atoms with Crippen molar-refractivity contribution in [2.24, 2.45) is 0 Å². The lowest BCUT2D eigenvalue weighted by Gasteiger charge is -2.28. The van der Waals surface area contributed by atoms with E-state index in [9.17, 15) is 41.4 Å². The van der Waals surface area contributed by atoms with Gasteiger partial charge in [-0.15, -0.1) is 0 Å².